The molecule has 1 amide bonds. The summed E-state index contributed by atoms with van der Waals surface area (Å²) in [6, 6.07) is 8.37. The van der Waals surface area contributed by atoms with Gasteiger partial charge in [-0.2, -0.15) is 0 Å². The fourth-order valence-electron chi connectivity index (χ4n) is 5.51. The molecule has 0 aromatic carbocycles. The standard InChI is InChI=1S/C26H26N6O5/c1-27-17-10-19-18(28-11-17)3-5-23(35)32(19)13-21(33)26-8-6-25(7-9-26,15-37-26)29-12-16-2-4-20-24(30-16)31-22(34)14-36-20/h2-5,10-11,21,29,33H,6-9,12-15H2,(H,30,31,34). The third kappa shape index (κ3) is 4.23. The van der Waals surface area contributed by atoms with Crippen LogP contribution in [0.15, 0.2) is 41.3 Å². The number of aromatic nitrogens is 3. The van der Waals surface area contributed by atoms with E-state index in [9.17, 15) is 14.7 Å². The van der Waals surface area contributed by atoms with Gasteiger partial charge in [0.1, 0.15) is 6.10 Å². The lowest BCUT2D eigenvalue weighted by atomic mass is 9.69. The van der Waals surface area contributed by atoms with Gasteiger partial charge in [0.15, 0.2) is 18.2 Å². The third-order valence-corrected chi connectivity index (χ3v) is 7.78. The lowest BCUT2D eigenvalue weighted by Crippen LogP contribution is -2.65. The summed E-state index contributed by atoms with van der Waals surface area (Å²) in [6.45, 7) is 8.26. The number of aliphatic hydroxyl groups excluding tert-OH is 1. The second-order valence-corrected chi connectivity index (χ2v) is 9.98. The molecule has 11 nitrogen and oxygen atoms in total. The lowest BCUT2D eigenvalue weighted by Gasteiger charge is -2.55. The number of carbonyl (C=O) groups excluding carboxylic acids is 1. The van der Waals surface area contributed by atoms with Gasteiger partial charge in [0, 0.05) is 24.3 Å². The number of hydrogen-bond donors (Lipinski definition) is 3. The zero-order chi connectivity index (χ0) is 25.6. The van der Waals surface area contributed by atoms with E-state index in [1.54, 1.807) is 12.1 Å². The van der Waals surface area contributed by atoms with E-state index in [1.807, 2.05) is 12.1 Å². The molecule has 1 unspecified atom stereocenters. The first-order chi connectivity index (χ1) is 17.9. The average Bonchev–Trinajstić information content (AvgIpc) is 2.94. The summed E-state index contributed by atoms with van der Waals surface area (Å²) < 4.78 is 13.2. The number of hydrogen-bond acceptors (Lipinski definition) is 8. The van der Waals surface area contributed by atoms with Crippen molar-refractivity contribution in [3.05, 3.63) is 64.0 Å². The Balaban J connectivity index is 1.14. The molecule has 1 atom stereocenters. The summed E-state index contributed by atoms with van der Waals surface area (Å²) in [5, 5.41) is 17.6. The van der Waals surface area contributed by atoms with Crippen LogP contribution >= 0.6 is 0 Å². The molecule has 3 aromatic rings. The van der Waals surface area contributed by atoms with E-state index in [-0.39, 0.29) is 30.2 Å². The van der Waals surface area contributed by atoms with Crippen LogP contribution in [-0.4, -0.2) is 56.0 Å². The number of aliphatic hydroxyl groups is 1. The maximum absolute atomic E-state index is 12.7. The molecule has 2 saturated heterocycles. The highest BCUT2D eigenvalue weighted by Crippen LogP contribution is 2.46. The molecule has 3 N–H and O–H groups in total. The second kappa shape index (κ2) is 8.92. The van der Waals surface area contributed by atoms with Crippen LogP contribution in [0.1, 0.15) is 31.4 Å². The fraction of sp³-hybridized carbons (Fsp3) is 0.423. The molecule has 3 aromatic heterocycles. The summed E-state index contributed by atoms with van der Waals surface area (Å²) >= 11 is 0. The number of carbonyl (C=O) groups is 1. The molecular formula is C26H26N6O5. The van der Waals surface area contributed by atoms with Gasteiger partial charge in [-0.25, -0.2) is 9.83 Å². The molecule has 3 aliphatic heterocycles. The van der Waals surface area contributed by atoms with Crippen molar-refractivity contribution in [2.45, 2.75) is 56.0 Å². The number of amides is 1. The van der Waals surface area contributed by atoms with Crippen LogP contribution < -0.4 is 20.9 Å². The number of nitrogens with one attached hydrogen (secondary N) is 2. The Morgan fingerprint density at radius 2 is 2.05 bits per heavy atom. The molecule has 190 valence electrons. The molecular weight excluding hydrogens is 476 g/mol. The Morgan fingerprint density at radius 3 is 2.81 bits per heavy atom. The van der Waals surface area contributed by atoms with E-state index in [0.717, 1.165) is 18.5 Å². The maximum atomic E-state index is 12.7. The molecule has 37 heavy (non-hydrogen) atoms. The quantitative estimate of drug-likeness (QED) is 0.436. The van der Waals surface area contributed by atoms with Crippen molar-refractivity contribution >= 4 is 28.4 Å². The fourth-order valence-corrected chi connectivity index (χ4v) is 5.51. The Labute approximate surface area is 212 Å². The number of rotatable bonds is 6. The van der Waals surface area contributed by atoms with Crippen LogP contribution in [-0.2, 0) is 22.6 Å². The average molecular weight is 503 g/mol. The zero-order valence-corrected chi connectivity index (χ0v) is 20.1. The Bertz CT molecular complexity index is 1470. The van der Waals surface area contributed by atoms with Gasteiger partial charge in [0.05, 0.1) is 42.1 Å². The third-order valence-electron chi connectivity index (χ3n) is 7.78. The minimum atomic E-state index is -0.892. The van der Waals surface area contributed by atoms with Gasteiger partial charge in [-0.05, 0) is 49.9 Å². The first-order valence-corrected chi connectivity index (χ1v) is 12.3. The Kier molecular flexibility index (Phi) is 5.67. The van der Waals surface area contributed by atoms with Crippen molar-refractivity contribution in [3.63, 3.8) is 0 Å². The van der Waals surface area contributed by atoms with E-state index >= 15 is 0 Å². The molecule has 6 heterocycles. The van der Waals surface area contributed by atoms with E-state index in [0.29, 0.717) is 54.3 Å². The van der Waals surface area contributed by atoms with Gasteiger partial charge in [0.2, 0.25) is 5.69 Å². The predicted molar refractivity (Wildman–Crippen MR) is 133 cm³/mol. The summed E-state index contributed by atoms with van der Waals surface area (Å²) in [5.41, 5.74) is 1.02. The number of nitrogens with zero attached hydrogens (tertiary/aromatic N) is 4. The van der Waals surface area contributed by atoms with E-state index < -0.39 is 11.7 Å². The van der Waals surface area contributed by atoms with Crippen LogP contribution in [0.5, 0.6) is 5.75 Å². The van der Waals surface area contributed by atoms with Crippen molar-refractivity contribution < 1.29 is 19.4 Å². The second-order valence-electron chi connectivity index (χ2n) is 9.98. The summed E-state index contributed by atoms with van der Waals surface area (Å²) in [7, 11) is 0. The zero-order valence-electron chi connectivity index (χ0n) is 20.1. The molecule has 1 saturated carbocycles. The minimum Gasteiger partial charge on any atom is -0.480 e. The van der Waals surface area contributed by atoms with Crippen LogP contribution in [0.25, 0.3) is 15.9 Å². The van der Waals surface area contributed by atoms with E-state index in [1.165, 1.54) is 16.8 Å². The van der Waals surface area contributed by atoms with Crippen LogP contribution in [0.4, 0.5) is 11.5 Å². The van der Waals surface area contributed by atoms with Crippen molar-refractivity contribution in [1.82, 2.24) is 19.9 Å². The highest BCUT2D eigenvalue weighted by Gasteiger charge is 2.53. The number of pyridine rings is 3. The lowest BCUT2D eigenvalue weighted by molar-refractivity contribution is -0.211. The number of ether oxygens (including phenoxy) is 2. The van der Waals surface area contributed by atoms with Crippen molar-refractivity contribution in [2.24, 2.45) is 0 Å². The highest BCUT2D eigenvalue weighted by atomic mass is 16.5. The van der Waals surface area contributed by atoms with Gasteiger partial charge >= 0.3 is 0 Å². The topological polar surface area (TPSA) is 132 Å². The van der Waals surface area contributed by atoms with Crippen molar-refractivity contribution in [3.8, 4) is 5.75 Å². The smallest absolute Gasteiger partial charge is 0.263 e. The summed E-state index contributed by atoms with van der Waals surface area (Å²) in [6.07, 6.45) is 3.49. The molecule has 3 fully saturated rings. The molecule has 1 aliphatic carbocycles. The maximum Gasteiger partial charge on any atom is 0.263 e. The van der Waals surface area contributed by atoms with Gasteiger partial charge in [-0.3, -0.25) is 14.6 Å². The summed E-state index contributed by atoms with van der Waals surface area (Å²) in [5.74, 6) is 0.770. The first-order valence-electron chi connectivity index (χ1n) is 12.3. The molecule has 7 rings (SSSR count). The van der Waals surface area contributed by atoms with Gasteiger partial charge in [-0.15, -0.1) is 0 Å². The normalized spacial score (nSPS) is 25.1. The minimum absolute atomic E-state index is 0.00558. The van der Waals surface area contributed by atoms with Crippen LogP contribution in [0.2, 0.25) is 0 Å². The van der Waals surface area contributed by atoms with Gasteiger partial charge in [-0.1, -0.05) is 0 Å². The molecule has 0 spiro atoms. The van der Waals surface area contributed by atoms with Crippen LogP contribution in [0, 0.1) is 6.57 Å². The van der Waals surface area contributed by atoms with Gasteiger partial charge < -0.3 is 29.8 Å². The Hall–Kier alpha value is -3.85. The van der Waals surface area contributed by atoms with E-state index in [2.05, 4.69) is 25.4 Å². The Morgan fingerprint density at radius 1 is 1.22 bits per heavy atom. The van der Waals surface area contributed by atoms with Crippen LogP contribution in [0.3, 0.4) is 0 Å². The highest BCUT2D eigenvalue weighted by molar-refractivity contribution is 5.94. The SMILES string of the molecule is [C-]#[N+]c1cnc2ccc(=O)n(CC(O)C34CCC(NCc5ccc6c(n5)NC(=O)CO6)(CC3)CO4)c2c1. The monoisotopic (exact) mass is 502 g/mol. The summed E-state index contributed by atoms with van der Waals surface area (Å²) in [4.78, 5) is 36.5. The van der Waals surface area contributed by atoms with Crippen molar-refractivity contribution in [2.75, 3.05) is 18.5 Å². The van der Waals surface area contributed by atoms with Gasteiger partial charge in [0.25, 0.3) is 11.5 Å². The van der Waals surface area contributed by atoms with Crippen molar-refractivity contribution in [1.29, 1.82) is 0 Å². The molecule has 11 heteroatoms. The first kappa shape index (κ1) is 23.5. The molecule has 2 bridgehead atoms. The molecule has 4 aliphatic rings. The number of anilines is 1. The predicted octanol–water partition coefficient (Wildman–Crippen LogP) is 1.91. The number of fused-ring (bicyclic) bond motifs is 5. The molecule has 0 radical (unpaired) electrons. The van der Waals surface area contributed by atoms with E-state index in [4.69, 9.17) is 16.0 Å². The largest absolute Gasteiger partial charge is 0.480 e.